The largest absolute Gasteiger partial charge is 0.465 e. The lowest BCUT2D eigenvalue weighted by atomic mass is 10.0. The van der Waals surface area contributed by atoms with Crippen LogP contribution in [0.1, 0.15) is 31.8 Å². The fraction of sp³-hybridized carbons (Fsp3) is 0.0625. The Morgan fingerprint density at radius 2 is 1.65 bits per heavy atom. The van der Waals surface area contributed by atoms with Crippen LogP contribution in [0, 0.1) is 11.3 Å². The molecule has 0 radical (unpaired) electrons. The Morgan fingerprint density at radius 1 is 1.00 bits per heavy atom. The first-order valence-corrected chi connectivity index (χ1v) is 5.89. The Bertz CT molecular complexity index is 696. The zero-order chi connectivity index (χ0) is 14.5. The van der Waals surface area contributed by atoms with E-state index in [0.717, 1.165) is 0 Å². The van der Waals surface area contributed by atoms with Gasteiger partial charge in [-0.25, -0.2) is 4.79 Å². The number of esters is 1. The molecule has 2 aromatic rings. The molecule has 0 aliphatic heterocycles. The van der Waals surface area contributed by atoms with Gasteiger partial charge in [0.2, 0.25) is 0 Å². The maximum atomic E-state index is 12.3. The van der Waals surface area contributed by atoms with Crippen molar-refractivity contribution in [2.75, 3.05) is 7.11 Å². The minimum absolute atomic E-state index is 0.208. The number of hydrogen-bond donors (Lipinski definition) is 0. The second-order valence-electron chi connectivity index (χ2n) is 4.09. The molecule has 0 bridgehead atoms. The first-order chi connectivity index (χ1) is 9.65. The van der Waals surface area contributed by atoms with Crippen LogP contribution in [0.3, 0.4) is 0 Å². The molecule has 0 saturated carbocycles. The van der Waals surface area contributed by atoms with Crippen molar-refractivity contribution in [2.45, 2.75) is 0 Å². The van der Waals surface area contributed by atoms with Crippen molar-refractivity contribution in [3.05, 3.63) is 70.8 Å². The van der Waals surface area contributed by atoms with Gasteiger partial charge in [-0.3, -0.25) is 4.79 Å². The van der Waals surface area contributed by atoms with Crippen molar-refractivity contribution >= 4 is 11.8 Å². The third-order valence-electron chi connectivity index (χ3n) is 2.82. The SMILES string of the molecule is COC(=O)c1cccc(C(=O)c2ccc(C#N)cc2)c1. The standard InChI is InChI=1S/C16H11NO3/c1-20-16(19)14-4-2-3-13(9-14)15(18)12-7-5-11(10-17)6-8-12/h2-9H,1H3. The van der Waals surface area contributed by atoms with Crippen molar-refractivity contribution in [1.29, 1.82) is 5.26 Å². The number of carbonyl (C=O) groups excluding carboxylic acids is 2. The summed E-state index contributed by atoms with van der Waals surface area (Å²) in [7, 11) is 1.29. The van der Waals surface area contributed by atoms with Crippen LogP contribution in [0.2, 0.25) is 0 Å². The molecule has 0 aromatic heterocycles. The number of nitriles is 1. The topological polar surface area (TPSA) is 67.2 Å². The molecule has 20 heavy (non-hydrogen) atoms. The molecule has 4 heteroatoms. The summed E-state index contributed by atoms with van der Waals surface area (Å²) in [5.41, 5.74) is 1.68. The molecule has 0 heterocycles. The summed E-state index contributed by atoms with van der Waals surface area (Å²) in [6.45, 7) is 0. The molecule has 0 atom stereocenters. The van der Waals surface area contributed by atoms with Crippen LogP contribution >= 0.6 is 0 Å². The van der Waals surface area contributed by atoms with Gasteiger partial charge in [0.25, 0.3) is 0 Å². The van der Waals surface area contributed by atoms with Crippen LogP contribution in [-0.2, 0) is 4.74 Å². The molecule has 0 spiro atoms. The molecule has 2 rings (SSSR count). The molecule has 2 aromatic carbocycles. The number of carbonyl (C=O) groups is 2. The van der Waals surface area contributed by atoms with E-state index in [9.17, 15) is 9.59 Å². The average Bonchev–Trinajstić information content (AvgIpc) is 2.53. The van der Waals surface area contributed by atoms with Crippen molar-refractivity contribution in [3.63, 3.8) is 0 Å². The van der Waals surface area contributed by atoms with E-state index in [-0.39, 0.29) is 5.78 Å². The molecular weight excluding hydrogens is 254 g/mol. The molecule has 4 nitrogen and oxygen atoms in total. The highest BCUT2D eigenvalue weighted by Crippen LogP contribution is 2.13. The van der Waals surface area contributed by atoms with Crippen LogP contribution in [0.5, 0.6) is 0 Å². The van der Waals surface area contributed by atoms with Crippen LogP contribution in [0.15, 0.2) is 48.5 Å². The number of ketones is 1. The molecule has 0 aliphatic carbocycles. The molecular formula is C16H11NO3. The van der Waals surface area contributed by atoms with Gasteiger partial charge in [-0.15, -0.1) is 0 Å². The number of hydrogen-bond acceptors (Lipinski definition) is 4. The zero-order valence-electron chi connectivity index (χ0n) is 10.8. The van der Waals surface area contributed by atoms with Gasteiger partial charge in [0.05, 0.1) is 24.3 Å². The third kappa shape index (κ3) is 2.73. The molecule has 0 saturated heterocycles. The highest BCUT2D eigenvalue weighted by atomic mass is 16.5. The summed E-state index contributed by atoms with van der Waals surface area (Å²) < 4.78 is 4.62. The van der Waals surface area contributed by atoms with E-state index in [4.69, 9.17) is 5.26 Å². The Labute approximate surface area is 116 Å². The Balaban J connectivity index is 2.33. The maximum Gasteiger partial charge on any atom is 0.337 e. The van der Waals surface area contributed by atoms with Crippen LogP contribution in [0.4, 0.5) is 0 Å². The number of methoxy groups -OCH3 is 1. The predicted octanol–water partition coefficient (Wildman–Crippen LogP) is 2.58. The van der Waals surface area contributed by atoms with Crippen molar-refractivity contribution in [1.82, 2.24) is 0 Å². The lowest BCUT2D eigenvalue weighted by Gasteiger charge is -2.04. The van der Waals surface area contributed by atoms with E-state index in [1.165, 1.54) is 13.2 Å². The van der Waals surface area contributed by atoms with Gasteiger partial charge in [-0.05, 0) is 36.4 Å². The van der Waals surface area contributed by atoms with Gasteiger partial charge in [0.1, 0.15) is 0 Å². The Morgan fingerprint density at radius 3 is 2.25 bits per heavy atom. The van der Waals surface area contributed by atoms with E-state index >= 15 is 0 Å². The van der Waals surface area contributed by atoms with Crippen LogP contribution in [0.25, 0.3) is 0 Å². The zero-order valence-corrected chi connectivity index (χ0v) is 10.8. The minimum Gasteiger partial charge on any atom is -0.465 e. The number of benzene rings is 2. The average molecular weight is 265 g/mol. The minimum atomic E-state index is -0.487. The highest BCUT2D eigenvalue weighted by Gasteiger charge is 2.12. The van der Waals surface area contributed by atoms with E-state index in [1.54, 1.807) is 42.5 Å². The number of ether oxygens (including phenoxy) is 1. The smallest absolute Gasteiger partial charge is 0.337 e. The summed E-state index contributed by atoms with van der Waals surface area (Å²) in [6.07, 6.45) is 0. The summed E-state index contributed by atoms with van der Waals surface area (Å²) in [6, 6.07) is 14.7. The lowest BCUT2D eigenvalue weighted by Crippen LogP contribution is -2.05. The first kappa shape index (κ1) is 13.5. The summed E-state index contributed by atoms with van der Waals surface area (Å²) in [4.78, 5) is 23.7. The Hall–Kier alpha value is -2.93. The second kappa shape index (κ2) is 5.81. The van der Waals surface area contributed by atoms with E-state index in [1.807, 2.05) is 6.07 Å². The first-order valence-electron chi connectivity index (χ1n) is 5.89. The second-order valence-corrected chi connectivity index (χ2v) is 4.09. The predicted molar refractivity (Wildman–Crippen MR) is 72.4 cm³/mol. The normalized spacial score (nSPS) is 9.60. The number of nitrogens with zero attached hydrogens (tertiary/aromatic N) is 1. The van der Waals surface area contributed by atoms with Gasteiger partial charge in [0, 0.05) is 11.1 Å². The molecule has 0 aliphatic rings. The van der Waals surface area contributed by atoms with Crippen molar-refractivity contribution < 1.29 is 14.3 Å². The van der Waals surface area contributed by atoms with Gasteiger partial charge in [-0.2, -0.15) is 5.26 Å². The quantitative estimate of drug-likeness (QED) is 0.632. The van der Waals surface area contributed by atoms with Gasteiger partial charge in [-0.1, -0.05) is 12.1 Å². The van der Waals surface area contributed by atoms with Crippen LogP contribution < -0.4 is 0 Å². The number of rotatable bonds is 3. The highest BCUT2D eigenvalue weighted by molar-refractivity contribution is 6.10. The molecule has 98 valence electrons. The van der Waals surface area contributed by atoms with Crippen molar-refractivity contribution in [2.24, 2.45) is 0 Å². The summed E-state index contributed by atoms with van der Waals surface area (Å²) >= 11 is 0. The molecule has 0 N–H and O–H groups in total. The third-order valence-corrected chi connectivity index (χ3v) is 2.82. The Kier molecular flexibility index (Phi) is 3.92. The fourth-order valence-electron chi connectivity index (χ4n) is 1.77. The monoisotopic (exact) mass is 265 g/mol. The van der Waals surface area contributed by atoms with E-state index < -0.39 is 5.97 Å². The summed E-state index contributed by atoms with van der Waals surface area (Å²) in [5.74, 6) is -0.695. The molecule has 0 unspecified atom stereocenters. The van der Waals surface area contributed by atoms with Crippen molar-refractivity contribution in [3.8, 4) is 6.07 Å². The van der Waals surface area contributed by atoms with Crippen LogP contribution in [-0.4, -0.2) is 18.9 Å². The summed E-state index contributed by atoms with van der Waals surface area (Å²) in [5, 5.41) is 8.72. The fourth-order valence-corrected chi connectivity index (χ4v) is 1.77. The molecule has 0 amide bonds. The molecule has 0 fully saturated rings. The van der Waals surface area contributed by atoms with E-state index in [2.05, 4.69) is 4.74 Å². The van der Waals surface area contributed by atoms with E-state index in [0.29, 0.717) is 22.3 Å². The van der Waals surface area contributed by atoms with Gasteiger partial charge in [0.15, 0.2) is 5.78 Å². The maximum absolute atomic E-state index is 12.3. The van der Waals surface area contributed by atoms with Gasteiger partial charge < -0.3 is 4.74 Å². The lowest BCUT2D eigenvalue weighted by molar-refractivity contribution is 0.0600. The van der Waals surface area contributed by atoms with Gasteiger partial charge >= 0.3 is 5.97 Å².